The third kappa shape index (κ3) is 2.73. The summed E-state index contributed by atoms with van der Waals surface area (Å²) in [5.41, 5.74) is 2.54. The van der Waals surface area contributed by atoms with Crippen LogP contribution in [-0.2, 0) is 11.2 Å². The second-order valence-corrected chi connectivity index (χ2v) is 6.06. The van der Waals surface area contributed by atoms with E-state index in [0.29, 0.717) is 17.2 Å². The van der Waals surface area contributed by atoms with E-state index in [2.05, 4.69) is 16.5 Å². The lowest BCUT2D eigenvalue weighted by Gasteiger charge is -2.08. The summed E-state index contributed by atoms with van der Waals surface area (Å²) in [5.74, 6) is 1.16. The van der Waals surface area contributed by atoms with Crippen LogP contribution in [0.5, 0.6) is 5.75 Å². The highest BCUT2D eigenvalue weighted by atomic mass is 16.5. The summed E-state index contributed by atoms with van der Waals surface area (Å²) in [4.78, 5) is 12.3. The number of carbonyl (C=O) groups excluding carboxylic acids is 1. The van der Waals surface area contributed by atoms with Gasteiger partial charge in [-0.05, 0) is 30.2 Å². The molecule has 2 atom stereocenters. The first kappa shape index (κ1) is 14.8. The van der Waals surface area contributed by atoms with Crippen molar-refractivity contribution in [3.63, 3.8) is 0 Å². The number of nitrogens with zero attached hydrogens (tertiary/aromatic N) is 1. The van der Waals surface area contributed by atoms with Crippen LogP contribution in [0.25, 0.3) is 11.0 Å². The molecule has 1 heterocycles. The van der Waals surface area contributed by atoms with Gasteiger partial charge in [0.15, 0.2) is 5.58 Å². The van der Waals surface area contributed by atoms with Crippen molar-refractivity contribution in [3.05, 3.63) is 59.8 Å². The van der Waals surface area contributed by atoms with Gasteiger partial charge >= 0.3 is 0 Å². The molecule has 0 bridgehead atoms. The van der Waals surface area contributed by atoms with Gasteiger partial charge in [0.2, 0.25) is 5.91 Å². The standard InChI is InChI=1S/C19H18N2O3/c1-23-17-8-4-2-6-12(17)14-10-15(14)20-19(22)11-16-13-7-3-5-9-18(13)24-21-16/h2-9,14-15H,10-11H2,1H3,(H,20,22)/t14-,15-/m0/s1. The van der Waals surface area contributed by atoms with E-state index in [-0.39, 0.29) is 18.4 Å². The molecular formula is C19H18N2O3. The second kappa shape index (κ2) is 6.00. The van der Waals surface area contributed by atoms with Crippen molar-refractivity contribution in [2.24, 2.45) is 0 Å². The summed E-state index contributed by atoms with van der Waals surface area (Å²) in [6.45, 7) is 0. The molecule has 1 N–H and O–H groups in total. The average Bonchev–Trinajstić information content (AvgIpc) is 3.26. The van der Waals surface area contributed by atoms with E-state index in [1.807, 2.05) is 42.5 Å². The number of fused-ring (bicyclic) bond motifs is 1. The largest absolute Gasteiger partial charge is 0.496 e. The highest BCUT2D eigenvalue weighted by Crippen LogP contribution is 2.44. The van der Waals surface area contributed by atoms with Gasteiger partial charge in [0, 0.05) is 17.3 Å². The lowest BCUT2D eigenvalue weighted by atomic mass is 10.1. The Bertz CT molecular complexity index is 887. The van der Waals surface area contributed by atoms with Gasteiger partial charge in [-0.15, -0.1) is 0 Å². The topological polar surface area (TPSA) is 64.4 Å². The van der Waals surface area contributed by atoms with Crippen LogP contribution in [0.3, 0.4) is 0 Å². The zero-order valence-corrected chi connectivity index (χ0v) is 13.4. The van der Waals surface area contributed by atoms with Crippen molar-refractivity contribution in [1.29, 1.82) is 0 Å². The van der Waals surface area contributed by atoms with Gasteiger partial charge in [-0.1, -0.05) is 35.5 Å². The Morgan fingerprint density at radius 1 is 1.25 bits per heavy atom. The Labute approximate surface area is 139 Å². The third-order valence-corrected chi connectivity index (χ3v) is 4.46. The molecule has 24 heavy (non-hydrogen) atoms. The normalized spacial score (nSPS) is 19.2. The van der Waals surface area contributed by atoms with Gasteiger partial charge in [-0.3, -0.25) is 4.79 Å². The lowest BCUT2D eigenvalue weighted by Crippen LogP contribution is -2.28. The van der Waals surface area contributed by atoms with Crippen molar-refractivity contribution < 1.29 is 14.1 Å². The Balaban J connectivity index is 1.41. The Kier molecular flexibility index (Phi) is 3.69. The highest BCUT2D eigenvalue weighted by molar-refractivity contribution is 5.86. The summed E-state index contributed by atoms with van der Waals surface area (Å²) < 4.78 is 10.6. The quantitative estimate of drug-likeness (QED) is 0.784. The molecule has 1 amide bonds. The van der Waals surface area contributed by atoms with E-state index in [4.69, 9.17) is 9.26 Å². The fourth-order valence-electron chi connectivity index (χ4n) is 3.15. The predicted octanol–water partition coefficient (Wildman–Crippen LogP) is 3.05. The van der Waals surface area contributed by atoms with Crippen LogP contribution < -0.4 is 10.1 Å². The molecule has 0 spiro atoms. The number of ether oxygens (including phenoxy) is 1. The zero-order valence-electron chi connectivity index (χ0n) is 13.4. The molecule has 0 aliphatic heterocycles. The number of aromatic nitrogens is 1. The highest BCUT2D eigenvalue weighted by Gasteiger charge is 2.41. The summed E-state index contributed by atoms with van der Waals surface area (Å²) in [6, 6.07) is 15.7. The van der Waals surface area contributed by atoms with E-state index >= 15 is 0 Å². The number of hydrogen-bond donors (Lipinski definition) is 1. The van der Waals surface area contributed by atoms with Crippen LogP contribution in [0, 0.1) is 0 Å². The predicted molar refractivity (Wildman–Crippen MR) is 90.0 cm³/mol. The minimum atomic E-state index is -0.0311. The van der Waals surface area contributed by atoms with Gasteiger partial charge in [0.1, 0.15) is 11.4 Å². The molecule has 5 heteroatoms. The van der Waals surface area contributed by atoms with Gasteiger partial charge in [0.25, 0.3) is 0 Å². The molecule has 3 aromatic rings. The number of nitrogens with one attached hydrogen (secondary N) is 1. The second-order valence-electron chi connectivity index (χ2n) is 6.06. The van der Waals surface area contributed by atoms with Gasteiger partial charge in [-0.25, -0.2) is 0 Å². The maximum Gasteiger partial charge on any atom is 0.226 e. The molecular weight excluding hydrogens is 304 g/mol. The first-order valence-corrected chi connectivity index (χ1v) is 8.02. The summed E-state index contributed by atoms with van der Waals surface area (Å²) in [7, 11) is 1.67. The number of methoxy groups -OCH3 is 1. The van der Waals surface area contributed by atoms with Crippen LogP contribution in [-0.4, -0.2) is 24.2 Å². The van der Waals surface area contributed by atoms with Crippen molar-refractivity contribution in [1.82, 2.24) is 10.5 Å². The van der Waals surface area contributed by atoms with Crippen molar-refractivity contribution >= 4 is 16.9 Å². The minimum Gasteiger partial charge on any atom is -0.496 e. The van der Waals surface area contributed by atoms with E-state index in [0.717, 1.165) is 23.1 Å². The van der Waals surface area contributed by atoms with Crippen molar-refractivity contribution in [3.8, 4) is 5.75 Å². The summed E-state index contributed by atoms with van der Waals surface area (Å²) in [5, 5.41) is 7.99. The fraction of sp³-hybridized carbons (Fsp3) is 0.263. The number of amides is 1. The molecule has 122 valence electrons. The van der Waals surface area contributed by atoms with E-state index < -0.39 is 0 Å². The first-order valence-electron chi connectivity index (χ1n) is 8.02. The van der Waals surface area contributed by atoms with E-state index in [1.54, 1.807) is 7.11 Å². The molecule has 0 saturated heterocycles. The molecule has 1 aliphatic rings. The molecule has 4 rings (SSSR count). The number of rotatable bonds is 5. The Morgan fingerprint density at radius 3 is 2.92 bits per heavy atom. The Hall–Kier alpha value is -2.82. The smallest absolute Gasteiger partial charge is 0.226 e. The molecule has 1 aromatic heterocycles. The number of carbonyl (C=O) groups is 1. The van der Waals surface area contributed by atoms with Crippen LogP contribution in [0.15, 0.2) is 53.1 Å². The SMILES string of the molecule is COc1ccccc1[C@@H]1C[C@@H]1NC(=O)Cc1noc2ccccc12. The number of para-hydroxylation sites is 2. The fourth-order valence-corrected chi connectivity index (χ4v) is 3.15. The maximum atomic E-state index is 12.3. The molecule has 1 saturated carbocycles. The van der Waals surface area contributed by atoms with Crippen LogP contribution in [0.1, 0.15) is 23.6 Å². The first-order chi connectivity index (χ1) is 11.8. The number of benzene rings is 2. The van der Waals surface area contributed by atoms with Crippen molar-refractivity contribution in [2.75, 3.05) is 7.11 Å². The zero-order chi connectivity index (χ0) is 16.5. The van der Waals surface area contributed by atoms with Gasteiger partial charge in [0.05, 0.1) is 13.5 Å². The van der Waals surface area contributed by atoms with Crippen molar-refractivity contribution in [2.45, 2.75) is 24.8 Å². The minimum absolute atomic E-state index is 0.0311. The molecule has 2 aromatic carbocycles. The lowest BCUT2D eigenvalue weighted by molar-refractivity contribution is -0.120. The molecule has 1 fully saturated rings. The molecule has 0 radical (unpaired) electrons. The monoisotopic (exact) mass is 322 g/mol. The maximum absolute atomic E-state index is 12.3. The Morgan fingerprint density at radius 2 is 2.04 bits per heavy atom. The van der Waals surface area contributed by atoms with Crippen LogP contribution in [0.4, 0.5) is 0 Å². The van der Waals surface area contributed by atoms with Gasteiger partial charge < -0.3 is 14.6 Å². The average molecular weight is 322 g/mol. The van der Waals surface area contributed by atoms with Gasteiger partial charge in [-0.2, -0.15) is 0 Å². The number of hydrogen-bond acceptors (Lipinski definition) is 4. The summed E-state index contributed by atoms with van der Waals surface area (Å²) >= 11 is 0. The van der Waals surface area contributed by atoms with E-state index in [1.165, 1.54) is 0 Å². The van der Waals surface area contributed by atoms with Crippen LogP contribution >= 0.6 is 0 Å². The molecule has 5 nitrogen and oxygen atoms in total. The molecule has 1 aliphatic carbocycles. The summed E-state index contributed by atoms with van der Waals surface area (Å²) in [6.07, 6.45) is 1.16. The van der Waals surface area contributed by atoms with E-state index in [9.17, 15) is 4.79 Å². The third-order valence-electron chi connectivity index (χ3n) is 4.46. The molecule has 0 unspecified atom stereocenters. The van der Waals surface area contributed by atoms with Crippen LogP contribution in [0.2, 0.25) is 0 Å².